The number of fused-ring (bicyclic) bond motifs is 4. The molecule has 3 N–H and O–H groups in total. The maximum absolute atomic E-state index is 13.8. The van der Waals surface area contributed by atoms with Crippen LogP contribution in [0.15, 0.2) is 47.3 Å². The number of rotatable bonds is 3. The maximum Gasteiger partial charge on any atom is 0.270 e. The van der Waals surface area contributed by atoms with E-state index in [1.807, 2.05) is 0 Å². The number of hydrogen-bond donors (Lipinski definition) is 3. The second-order valence-electron chi connectivity index (χ2n) is 7.89. The molecule has 164 valence electrons. The van der Waals surface area contributed by atoms with Gasteiger partial charge in [0.05, 0.1) is 11.4 Å². The molecule has 0 aliphatic carbocycles. The molecule has 1 aliphatic heterocycles. The van der Waals surface area contributed by atoms with Crippen LogP contribution in [0, 0.1) is 5.82 Å². The number of hydrogen-bond acceptors (Lipinski definition) is 3. The van der Waals surface area contributed by atoms with Crippen molar-refractivity contribution >= 4 is 27.6 Å². The highest BCUT2D eigenvalue weighted by Gasteiger charge is 2.31. The molecular weight excluding hydrogens is 421 g/mol. The largest absolute Gasteiger partial charge is 0.351 e. The van der Waals surface area contributed by atoms with E-state index >= 15 is 0 Å². The normalized spacial score (nSPS) is 16.0. The molecule has 4 aromatic rings. The van der Waals surface area contributed by atoms with Gasteiger partial charge in [-0.3, -0.25) is 9.59 Å². The van der Waals surface area contributed by atoms with Gasteiger partial charge in [0.1, 0.15) is 11.5 Å². The van der Waals surface area contributed by atoms with Gasteiger partial charge in [-0.15, -0.1) is 0 Å². The zero-order valence-electron chi connectivity index (χ0n) is 17.0. The molecule has 0 fully saturated rings. The summed E-state index contributed by atoms with van der Waals surface area (Å²) in [5.74, 6) is -0.909. The van der Waals surface area contributed by atoms with Gasteiger partial charge in [0.25, 0.3) is 17.9 Å². The number of aromatic nitrogens is 2. The van der Waals surface area contributed by atoms with Crippen LogP contribution in [0.25, 0.3) is 21.7 Å². The third-order valence-corrected chi connectivity index (χ3v) is 6.03. The van der Waals surface area contributed by atoms with Crippen LogP contribution in [0.1, 0.15) is 39.8 Å². The van der Waals surface area contributed by atoms with Crippen molar-refractivity contribution in [2.45, 2.75) is 19.0 Å². The number of carbonyl (C=O) groups excluding carboxylic acids is 1. The predicted octanol–water partition coefficient (Wildman–Crippen LogP) is 4.00. The Bertz CT molecular complexity index is 1430. The van der Waals surface area contributed by atoms with Crippen LogP contribution >= 0.6 is 0 Å². The molecule has 2 aromatic carbocycles. The van der Waals surface area contributed by atoms with Gasteiger partial charge in [-0.25, -0.2) is 13.2 Å². The molecule has 3 heterocycles. The van der Waals surface area contributed by atoms with Crippen molar-refractivity contribution in [3.8, 4) is 0 Å². The Hall–Kier alpha value is -3.59. The van der Waals surface area contributed by atoms with Gasteiger partial charge in [0.15, 0.2) is 0 Å². The topological polar surface area (TPSA) is 81.0 Å². The van der Waals surface area contributed by atoms with Crippen molar-refractivity contribution < 1.29 is 18.0 Å². The van der Waals surface area contributed by atoms with E-state index in [2.05, 4.69) is 15.3 Å². The molecule has 1 atom stereocenters. The Balaban J connectivity index is 1.59. The molecule has 0 unspecified atom stereocenters. The van der Waals surface area contributed by atoms with Gasteiger partial charge in [-0.2, -0.15) is 0 Å². The number of aromatic amines is 2. The molecule has 1 aliphatic rings. The van der Waals surface area contributed by atoms with Crippen molar-refractivity contribution in [1.29, 1.82) is 0 Å². The first-order valence-electron chi connectivity index (χ1n) is 10.1. The quantitative estimate of drug-likeness (QED) is 0.451. The second-order valence-corrected chi connectivity index (χ2v) is 7.89. The minimum atomic E-state index is -2.66. The van der Waals surface area contributed by atoms with Gasteiger partial charge in [-0.1, -0.05) is 18.2 Å². The van der Waals surface area contributed by atoms with Crippen LogP contribution in [0.3, 0.4) is 0 Å². The number of amides is 1. The Morgan fingerprint density at radius 2 is 1.91 bits per heavy atom. The van der Waals surface area contributed by atoms with Gasteiger partial charge in [0, 0.05) is 47.9 Å². The van der Waals surface area contributed by atoms with Crippen LogP contribution in [-0.2, 0) is 6.54 Å². The van der Waals surface area contributed by atoms with E-state index in [9.17, 15) is 22.8 Å². The Kier molecular flexibility index (Phi) is 4.78. The minimum Gasteiger partial charge on any atom is -0.351 e. The lowest BCUT2D eigenvalue weighted by Gasteiger charge is -2.34. The SMILES string of the molecule is CN(C(=O)c1cc2c(C(F)F)cccc2[nH]1)[C@@H]1CNCc2[nH]c(=O)c3cc(F)ccc3c21. The van der Waals surface area contributed by atoms with E-state index in [1.165, 1.54) is 35.2 Å². The molecule has 6 nitrogen and oxygen atoms in total. The second kappa shape index (κ2) is 7.52. The van der Waals surface area contributed by atoms with Crippen molar-refractivity contribution in [2.24, 2.45) is 0 Å². The van der Waals surface area contributed by atoms with E-state index in [0.717, 1.165) is 5.56 Å². The predicted molar refractivity (Wildman–Crippen MR) is 114 cm³/mol. The summed E-state index contributed by atoms with van der Waals surface area (Å²) >= 11 is 0. The fraction of sp³-hybridized carbons (Fsp3) is 0.217. The zero-order chi connectivity index (χ0) is 22.6. The molecule has 0 spiro atoms. The van der Waals surface area contributed by atoms with Crippen molar-refractivity contribution in [1.82, 2.24) is 20.2 Å². The molecule has 0 bridgehead atoms. The summed E-state index contributed by atoms with van der Waals surface area (Å²) in [7, 11) is 1.61. The lowest BCUT2D eigenvalue weighted by Crippen LogP contribution is -2.42. The third-order valence-electron chi connectivity index (χ3n) is 6.03. The van der Waals surface area contributed by atoms with Gasteiger partial charge in [0.2, 0.25) is 0 Å². The number of likely N-dealkylation sites (N-methyl/N-ethyl adjacent to an activating group) is 1. The van der Waals surface area contributed by atoms with E-state index in [-0.39, 0.29) is 22.6 Å². The number of alkyl halides is 2. The molecule has 32 heavy (non-hydrogen) atoms. The first-order valence-corrected chi connectivity index (χ1v) is 10.1. The van der Waals surface area contributed by atoms with Gasteiger partial charge >= 0.3 is 0 Å². The van der Waals surface area contributed by atoms with Crippen LogP contribution in [0.4, 0.5) is 13.2 Å². The first-order chi connectivity index (χ1) is 15.3. The summed E-state index contributed by atoms with van der Waals surface area (Å²) in [5.41, 5.74) is 1.45. The smallest absolute Gasteiger partial charge is 0.270 e. The van der Waals surface area contributed by atoms with Crippen LogP contribution < -0.4 is 10.9 Å². The number of H-pyrrole nitrogens is 2. The highest BCUT2D eigenvalue weighted by atomic mass is 19.3. The molecule has 0 saturated heterocycles. The fourth-order valence-corrected chi connectivity index (χ4v) is 4.48. The first kappa shape index (κ1) is 20.3. The Morgan fingerprint density at radius 1 is 1.09 bits per heavy atom. The number of halogens is 3. The van der Waals surface area contributed by atoms with Crippen molar-refractivity contribution in [3.63, 3.8) is 0 Å². The molecule has 2 aromatic heterocycles. The average molecular weight is 440 g/mol. The van der Waals surface area contributed by atoms with E-state index in [0.29, 0.717) is 35.1 Å². The number of nitrogens with one attached hydrogen (secondary N) is 3. The highest BCUT2D eigenvalue weighted by molar-refractivity contribution is 5.99. The van der Waals surface area contributed by atoms with Crippen LogP contribution in [0.5, 0.6) is 0 Å². The molecule has 0 saturated carbocycles. The van der Waals surface area contributed by atoms with E-state index in [4.69, 9.17) is 0 Å². The van der Waals surface area contributed by atoms with E-state index < -0.39 is 23.8 Å². The molecule has 0 radical (unpaired) electrons. The molecule has 9 heteroatoms. The van der Waals surface area contributed by atoms with Crippen LogP contribution in [-0.4, -0.2) is 34.4 Å². The summed E-state index contributed by atoms with van der Waals surface area (Å²) in [4.78, 5) is 33.0. The van der Waals surface area contributed by atoms with E-state index in [1.54, 1.807) is 19.2 Å². The fourth-order valence-electron chi connectivity index (χ4n) is 4.48. The number of pyridine rings is 1. The van der Waals surface area contributed by atoms with Crippen LogP contribution in [0.2, 0.25) is 0 Å². The van der Waals surface area contributed by atoms with Crippen molar-refractivity contribution in [3.05, 3.63) is 81.2 Å². The van der Waals surface area contributed by atoms with Gasteiger partial charge in [-0.05, 0) is 29.7 Å². The highest BCUT2D eigenvalue weighted by Crippen LogP contribution is 2.33. The average Bonchev–Trinajstić information content (AvgIpc) is 3.22. The number of carbonyl (C=O) groups is 1. The molecular formula is C23H19F3N4O2. The van der Waals surface area contributed by atoms with Gasteiger partial charge < -0.3 is 20.2 Å². The summed E-state index contributed by atoms with van der Waals surface area (Å²) < 4.78 is 40.5. The summed E-state index contributed by atoms with van der Waals surface area (Å²) in [5, 5.41) is 4.27. The number of benzene rings is 2. The van der Waals surface area contributed by atoms with Crippen molar-refractivity contribution in [2.75, 3.05) is 13.6 Å². The molecule has 5 rings (SSSR count). The summed E-state index contributed by atoms with van der Waals surface area (Å²) in [6.07, 6.45) is -2.66. The lowest BCUT2D eigenvalue weighted by atomic mass is 9.94. The summed E-state index contributed by atoms with van der Waals surface area (Å²) in [6.45, 7) is 0.816. The molecule has 1 amide bonds. The Labute approximate surface area is 180 Å². The Morgan fingerprint density at radius 3 is 2.69 bits per heavy atom. The maximum atomic E-state index is 13.8. The lowest BCUT2D eigenvalue weighted by molar-refractivity contribution is 0.0718. The zero-order valence-corrected chi connectivity index (χ0v) is 17.0. The monoisotopic (exact) mass is 440 g/mol. The minimum absolute atomic E-state index is 0.143. The standard InChI is InChI=1S/C23H19F3N4O2/c1-30(23(32)17-8-14-13(21(25)26)3-2-4-16(14)28-17)19-10-27-9-18-20(19)12-6-5-11(24)7-15(12)22(31)29-18/h2-8,19,21,27-28H,9-10H2,1H3,(H,29,31)/t19-/m1/s1. The number of nitrogens with zero attached hydrogens (tertiary/aromatic N) is 1. The summed E-state index contributed by atoms with van der Waals surface area (Å²) in [6, 6.07) is 9.48. The third kappa shape index (κ3) is 3.16.